The summed E-state index contributed by atoms with van der Waals surface area (Å²) in [5.74, 6) is -0.880. The Morgan fingerprint density at radius 2 is 2.18 bits per heavy atom. The fourth-order valence-electron chi connectivity index (χ4n) is 2.40. The molecule has 1 aromatic rings. The van der Waals surface area contributed by atoms with Crippen molar-refractivity contribution in [3.8, 4) is 0 Å². The SMILES string of the molecule is CCc1nc(C2(OC)CCCC2)sc1C(=O)O. The molecule has 1 aromatic heterocycles. The number of thiazole rings is 1. The lowest BCUT2D eigenvalue weighted by Crippen LogP contribution is -2.24. The van der Waals surface area contributed by atoms with E-state index in [2.05, 4.69) is 4.98 Å². The molecule has 1 aliphatic carbocycles. The smallest absolute Gasteiger partial charge is 0.347 e. The second-order valence-corrected chi connectivity index (χ2v) is 5.36. The van der Waals surface area contributed by atoms with Gasteiger partial charge in [-0.15, -0.1) is 11.3 Å². The van der Waals surface area contributed by atoms with E-state index in [9.17, 15) is 4.79 Å². The minimum atomic E-state index is -0.880. The molecule has 0 saturated heterocycles. The van der Waals surface area contributed by atoms with Crippen molar-refractivity contribution in [3.05, 3.63) is 15.6 Å². The highest BCUT2D eigenvalue weighted by atomic mass is 32.1. The van der Waals surface area contributed by atoms with Crippen LogP contribution in [0.15, 0.2) is 0 Å². The average Bonchev–Trinajstić information content (AvgIpc) is 2.96. The van der Waals surface area contributed by atoms with Gasteiger partial charge in [-0.3, -0.25) is 0 Å². The van der Waals surface area contributed by atoms with Crippen molar-refractivity contribution in [2.75, 3.05) is 7.11 Å². The van der Waals surface area contributed by atoms with Crippen molar-refractivity contribution < 1.29 is 14.6 Å². The number of ether oxygens (including phenoxy) is 1. The van der Waals surface area contributed by atoms with E-state index < -0.39 is 5.97 Å². The Hall–Kier alpha value is -0.940. The van der Waals surface area contributed by atoms with Crippen LogP contribution in [0, 0.1) is 0 Å². The summed E-state index contributed by atoms with van der Waals surface area (Å²) in [6.07, 6.45) is 4.78. The number of aromatic carboxylic acids is 1. The monoisotopic (exact) mass is 255 g/mol. The first-order valence-electron chi connectivity index (χ1n) is 5.91. The molecule has 1 N–H and O–H groups in total. The van der Waals surface area contributed by atoms with Gasteiger partial charge in [0, 0.05) is 7.11 Å². The summed E-state index contributed by atoms with van der Waals surface area (Å²) >= 11 is 1.28. The summed E-state index contributed by atoms with van der Waals surface area (Å²) in [5.41, 5.74) is 0.350. The zero-order valence-corrected chi connectivity index (χ0v) is 11.0. The van der Waals surface area contributed by atoms with E-state index in [-0.39, 0.29) is 5.60 Å². The molecule has 1 heterocycles. The predicted octanol–water partition coefficient (Wildman–Crippen LogP) is 2.82. The Kier molecular flexibility index (Phi) is 3.49. The molecule has 0 aliphatic heterocycles. The molecule has 2 rings (SSSR count). The Balaban J connectivity index is 2.41. The van der Waals surface area contributed by atoms with Crippen LogP contribution in [0.4, 0.5) is 0 Å². The molecule has 0 atom stereocenters. The van der Waals surface area contributed by atoms with E-state index in [1.807, 2.05) is 6.92 Å². The molecule has 17 heavy (non-hydrogen) atoms. The molecular formula is C12H17NO3S. The first-order chi connectivity index (χ1) is 8.13. The number of rotatable bonds is 4. The maximum absolute atomic E-state index is 11.1. The van der Waals surface area contributed by atoms with Crippen LogP contribution in [-0.2, 0) is 16.8 Å². The lowest BCUT2D eigenvalue weighted by molar-refractivity contribution is -0.00895. The topological polar surface area (TPSA) is 59.4 Å². The quantitative estimate of drug-likeness (QED) is 0.898. The zero-order chi connectivity index (χ0) is 12.5. The van der Waals surface area contributed by atoms with Gasteiger partial charge >= 0.3 is 5.97 Å². The van der Waals surface area contributed by atoms with Crippen molar-refractivity contribution in [1.29, 1.82) is 0 Å². The van der Waals surface area contributed by atoms with Crippen LogP contribution in [0.1, 0.15) is 53.0 Å². The molecule has 0 radical (unpaired) electrons. The van der Waals surface area contributed by atoms with Crippen LogP contribution < -0.4 is 0 Å². The third-order valence-electron chi connectivity index (χ3n) is 3.42. The molecule has 0 aromatic carbocycles. The van der Waals surface area contributed by atoms with Crippen molar-refractivity contribution in [2.24, 2.45) is 0 Å². The van der Waals surface area contributed by atoms with Crippen LogP contribution in [0.2, 0.25) is 0 Å². The highest BCUT2D eigenvalue weighted by Gasteiger charge is 2.39. The number of carbonyl (C=O) groups is 1. The summed E-state index contributed by atoms with van der Waals surface area (Å²) < 4.78 is 5.63. The van der Waals surface area contributed by atoms with E-state index in [4.69, 9.17) is 9.84 Å². The second-order valence-electron chi connectivity index (χ2n) is 4.36. The van der Waals surface area contributed by atoms with Crippen LogP contribution in [0.5, 0.6) is 0 Å². The number of carboxylic acid groups (broad SMARTS) is 1. The van der Waals surface area contributed by atoms with Gasteiger partial charge in [-0.05, 0) is 19.3 Å². The van der Waals surface area contributed by atoms with Gasteiger partial charge in [0.25, 0.3) is 0 Å². The van der Waals surface area contributed by atoms with Crippen LogP contribution >= 0.6 is 11.3 Å². The van der Waals surface area contributed by atoms with Crippen molar-refractivity contribution >= 4 is 17.3 Å². The van der Waals surface area contributed by atoms with Gasteiger partial charge < -0.3 is 9.84 Å². The van der Waals surface area contributed by atoms with E-state index in [0.29, 0.717) is 17.0 Å². The number of methoxy groups -OCH3 is 1. The first-order valence-corrected chi connectivity index (χ1v) is 6.73. The lowest BCUT2D eigenvalue weighted by atomic mass is 10.0. The molecule has 0 bridgehead atoms. The van der Waals surface area contributed by atoms with Crippen molar-refractivity contribution in [1.82, 2.24) is 4.98 Å². The van der Waals surface area contributed by atoms with Crippen molar-refractivity contribution in [2.45, 2.75) is 44.6 Å². The Labute approximate surface area is 105 Å². The number of hydrogen-bond donors (Lipinski definition) is 1. The minimum absolute atomic E-state index is 0.331. The van der Waals surface area contributed by atoms with Gasteiger partial charge in [-0.25, -0.2) is 9.78 Å². The average molecular weight is 255 g/mol. The molecule has 0 unspecified atom stereocenters. The Bertz CT molecular complexity index is 421. The molecule has 0 spiro atoms. The Morgan fingerprint density at radius 1 is 1.53 bits per heavy atom. The summed E-state index contributed by atoms with van der Waals surface area (Å²) in [4.78, 5) is 16.0. The van der Waals surface area contributed by atoms with Crippen LogP contribution in [0.25, 0.3) is 0 Å². The summed E-state index contributed by atoms with van der Waals surface area (Å²) in [6, 6.07) is 0. The second kappa shape index (κ2) is 4.74. The summed E-state index contributed by atoms with van der Waals surface area (Å²) in [5, 5.41) is 9.98. The van der Waals surface area contributed by atoms with Gasteiger partial charge in [-0.1, -0.05) is 19.8 Å². The van der Waals surface area contributed by atoms with Gasteiger partial charge in [-0.2, -0.15) is 0 Å². The zero-order valence-electron chi connectivity index (χ0n) is 10.2. The van der Waals surface area contributed by atoms with E-state index in [1.54, 1.807) is 7.11 Å². The molecule has 1 fully saturated rings. The minimum Gasteiger partial charge on any atom is -0.477 e. The van der Waals surface area contributed by atoms with Gasteiger partial charge in [0.2, 0.25) is 0 Å². The van der Waals surface area contributed by atoms with Crippen LogP contribution in [-0.4, -0.2) is 23.2 Å². The van der Waals surface area contributed by atoms with Gasteiger partial charge in [0.15, 0.2) is 0 Å². The normalized spacial score (nSPS) is 18.5. The largest absolute Gasteiger partial charge is 0.477 e. The summed E-state index contributed by atoms with van der Waals surface area (Å²) in [7, 11) is 1.69. The third-order valence-corrected chi connectivity index (χ3v) is 4.69. The number of hydrogen-bond acceptors (Lipinski definition) is 4. The maximum Gasteiger partial charge on any atom is 0.347 e. The molecule has 4 nitrogen and oxygen atoms in total. The number of aromatic nitrogens is 1. The predicted molar refractivity (Wildman–Crippen MR) is 65.6 cm³/mol. The van der Waals surface area contributed by atoms with Crippen LogP contribution in [0.3, 0.4) is 0 Å². The first kappa shape index (κ1) is 12.5. The molecule has 1 saturated carbocycles. The highest BCUT2D eigenvalue weighted by molar-refractivity contribution is 7.13. The number of nitrogens with zero attached hydrogens (tertiary/aromatic N) is 1. The fraction of sp³-hybridized carbons (Fsp3) is 0.667. The number of carboxylic acids is 1. The molecular weight excluding hydrogens is 238 g/mol. The third kappa shape index (κ3) is 2.09. The van der Waals surface area contributed by atoms with E-state index >= 15 is 0 Å². The fourth-order valence-corrected chi connectivity index (χ4v) is 3.62. The maximum atomic E-state index is 11.1. The molecule has 0 amide bonds. The Morgan fingerprint density at radius 3 is 2.59 bits per heavy atom. The molecule has 5 heteroatoms. The lowest BCUT2D eigenvalue weighted by Gasteiger charge is -2.24. The highest BCUT2D eigenvalue weighted by Crippen LogP contribution is 2.43. The molecule has 1 aliphatic rings. The van der Waals surface area contributed by atoms with Crippen molar-refractivity contribution in [3.63, 3.8) is 0 Å². The molecule has 94 valence electrons. The van der Waals surface area contributed by atoms with Gasteiger partial charge in [0.05, 0.1) is 5.69 Å². The van der Waals surface area contributed by atoms with Gasteiger partial charge in [0.1, 0.15) is 15.5 Å². The standard InChI is InChI=1S/C12H17NO3S/c1-3-8-9(10(14)15)17-11(13-8)12(16-2)6-4-5-7-12/h3-7H2,1-2H3,(H,14,15). The summed E-state index contributed by atoms with van der Waals surface area (Å²) in [6.45, 7) is 1.93. The number of aryl methyl sites for hydroxylation is 1. The van der Waals surface area contributed by atoms with E-state index in [0.717, 1.165) is 30.7 Å². The van der Waals surface area contributed by atoms with E-state index in [1.165, 1.54) is 11.3 Å².